The van der Waals surface area contributed by atoms with Gasteiger partial charge in [0.15, 0.2) is 28.9 Å². The average Bonchev–Trinajstić information content (AvgIpc) is 2.78. The van der Waals surface area contributed by atoms with Gasteiger partial charge in [-0.3, -0.25) is 4.79 Å². The number of carbonyl (C=O) groups excluding carboxylic acids is 1. The Morgan fingerprint density at radius 3 is 1.83 bits per heavy atom. The third-order valence-corrected chi connectivity index (χ3v) is 5.39. The van der Waals surface area contributed by atoms with Crippen LogP contribution in [0.15, 0.2) is 41.0 Å². The Kier molecular flexibility index (Phi) is 15.4. The van der Waals surface area contributed by atoms with Crippen molar-refractivity contribution >= 4 is 21.7 Å². The molecule has 14 heteroatoms. The zero-order valence-electron chi connectivity index (χ0n) is 18.2. The summed E-state index contributed by atoms with van der Waals surface area (Å²) in [7, 11) is 0. The number of halogens is 7. The number of aromatic nitrogens is 2. The molecule has 198 valence electrons. The summed E-state index contributed by atoms with van der Waals surface area (Å²) in [6.07, 6.45) is -4.53. The Morgan fingerprint density at radius 2 is 1.33 bits per heavy atom. The Hall–Kier alpha value is -0.631. The maximum Gasteiger partial charge on any atom is 0.267 e. The van der Waals surface area contributed by atoms with Crippen molar-refractivity contribution in [2.45, 2.75) is 32.6 Å². The minimum Gasteiger partial charge on any atom is -0.504 e. The minimum atomic E-state index is -3.00. The summed E-state index contributed by atoms with van der Waals surface area (Å²) >= 11 is 2.75. The van der Waals surface area contributed by atoms with Gasteiger partial charge in [0.05, 0.1) is 27.5 Å². The first kappa shape index (κ1) is 35.4. The van der Waals surface area contributed by atoms with Crippen molar-refractivity contribution < 1.29 is 117 Å². The normalized spacial score (nSPS) is 11.2. The van der Waals surface area contributed by atoms with E-state index in [0.29, 0.717) is 5.69 Å². The molecule has 1 aromatic heterocycles. The standard InChI is InChI=1S/C15H13F3N2O2.C7H4BrF3O.2Ar/c1-7(13(21)10-5-6-19-20-8(10)2)9-3-4-11(15(17)18)14(22)12(9)16;8-4-2-1-3(7(10)11)6(12)5(4)9;;/h3-7,15,22H,1-2H3;1-2,7,12H;;. The van der Waals surface area contributed by atoms with E-state index in [-0.39, 0.29) is 91.1 Å². The quantitative estimate of drug-likeness (QED) is 0.240. The number of nitrogens with zero attached hydrogens (tertiary/aromatic N) is 2. The molecule has 0 aliphatic heterocycles. The van der Waals surface area contributed by atoms with Crippen molar-refractivity contribution in [1.82, 2.24) is 10.2 Å². The molecule has 3 rings (SSSR count). The van der Waals surface area contributed by atoms with E-state index in [1.165, 1.54) is 19.2 Å². The first-order valence-electron chi connectivity index (χ1n) is 9.45. The van der Waals surface area contributed by atoms with E-state index in [1.54, 1.807) is 6.92 Å². The third kappa shape index (κ3) is 8.44. The Morgan fingerprint density at radius 1 is 0.861 bits per heavy atom. The summed E-state index contributed by atoms with van der Waals surface area (Å²) in [5.74, 6) is -5.79. The van der Waals surface area contributed by atoms with Gasteiger partial charge in [-0.1, -0.05) is 13.0 Å². The molecule has 2 N–H and O–H groups in total. The van der Waals surface area contributed by atoms with Crippen LogP contribution in [0.3, 0.4) is 0 Å². The van der Waals surface area contributed by atoms with Crippen molar-refractivity contribution in [1.29, 1.82) is 0 Å². The zero-order valence-corrected chi connectivity index (χ0v) is 21.2. The number of carbonyl (C=O) groups is 1. The second-order valence-corrected chi connectivity index (χ2v) is 7.78. The SMILES string of the molecule is Cc1nnccc1C(=O)C(C)c1ccc(C(F)F)c(O)c1F.Oc1c(C(F)F)ccc(Br)c1F.[Ar].[Ar]. The molecule has 0 saturated heterocycles. The van der Waals surface area contributed by atoms with E-state index in [4.69, 9.17) is 5.11 Å². The molecule has 0 aliphatic carbocycles. The van der Waals surface area contributed by atoms with Crippen LogP contribution in [0.1, 0.15) is 58.4 Å². The molecule has 1 unspecified atom stereocenters. The topological polar surface area (TPSA) is 83.3 Å². The first-order valence-corrected chi connectivity index (χ1v) is 10.2. The van der Waals surface area contributed by atoms with E-state index in [9.17, 15) is 36.2 Å². The number of aromatic hydroxyl groups is 2. The number of ketones is 1. The predicted octanol–water partition coefficient (Wildman–Crippen LogP) is 6.79. The van der Waals surface area contributed by atoms with Crippen LogP contribution in [0, 0.1) is 94.0 Å². The summed E-state index contributed by atoms with van der Waals surface area (Å²) in [6.45, 7) is 3.02. The summed E-state index contributed by atoms with van der Waals surface area (Å²) in [5, 5.41) is 25.7. The first-order chi connectivity index (χ1) is 15.9. The molecule has 0 amide bonds. The van der Waals surface area contributed by atoms with E-state index in [1.807, 2.05) is 0 Å². The van der Waals surface area contributed by atoms with Crippen LogP contribution in [0.2, 0.25) is 0 Å². The molecular formula is C22H17Ar2BrF6N2O3. The number of alkyl halides is 4. The Bertz CT molecular complexity index is 1200. The molecule has 0 spiro atoms. The Labute approximate surface area is 270 Å². The molecule has 36 heavy (non-hydrogen) atoms. The van der Waals surface area contributed by atoms with E-state index >= 15 is 0 Å². The summed E-state index contributed by atoms with van der Waals surface area (Å²) < 4.78 is 76.0. The van der Waals surface area contributed by atoms with E-state index < -0.39 is 58.8 Å². The molecule has 3 aromatic rings. The number of hydrogen-bond donors (Lipinski definition) is 2. The van der Waals surface area contributed by atoms with Gasteiger partial charge in [0.1, 0.15) is 0 Å². The maximum absolute atomic E-state index is 14.1. The van der Waals surface area contributed by atoms with Gasteiger partial charge in [0, 0.05) is 92.5 Å². The van der Waals surface area contributed by atoms with Crippen LogP contribution in [0.5, 0.6) is 11.5 Å². The van der Waals surface area contributed by atoms with Gasteiger partial charge in [-0.15, -0.1) is 0 Å². The largest absolute Gasteiger partial charge is 0.504 e. The number of benzene rings is 2. The zero-order chi connectivity index (χ0) is 25.7. The molecule has 1 heterocycles. The third-order valence-electron chi connectivity index (χ3n) is 4.78. The smallest absolute Gasteiger partial charge is 0.267 e. The molecule has 5 nitrogen and oxygen atoms in total. The fraction of sp³-hybridized carbons (Fsp3) is 0.227. The van der Waals surface area contributed by atoms with Gasteiger partial charge >= 0.3 is 0 Å². The maximum atomic E-state index is 14.1. The Balaban J connectivity index is 0.000000750. The van der Waals surface area contributed by atoms with Crippen LogP contribution in [0.4, 0.5) is 26.3 Å². The van der Waals surface area contributed by atoms with Crippen molar-refractivity contribution in [2.24, 2.45) is 0 Å². The molecular weight excluding hydrogens is 614 g/mol. The number of phenols is 2. The molecule has 0 radical (unpaired) electrons. The molecule has 0 fully saturated rings. The average molecular weight is 631 g/mol. The molecule has 0 bridgehead atoms. The van der Waals surface area contributed by atoms with E-state index in [2.05, 4.69) is 26.1 Å². The van der Waals surface area contributed by atoms with Crippen LogP contribution < -0.4 is 0 Å². The van der Waals surface area contributed by atoms with Crippen molar-refractivity contribution in [3.63, 3.8) is 0 Å². The van der Waals surface area contributed by atoms with Gasteiger partial charge in [-0.2, -0.15) is 10.2 Å². The molecule has 2 aromatic carbocycles. The van der Waals surface area contributed by atoms with Gasteiger partial charge in [0.2, 0.25) is 0 Å². The fourth-order valence-electron chi connectivity index (χ4n) is 2.87. The van der Waals surface area contributed by atoms with Crippen LogP contribution in [0.25, 0.3) is 0 Å². The van der Waals surface area contributed by atoms with Gasteiger partial charge < -0.3 is 10.2 Å². The van der Waals surface area contributed by atoms with Crippen LogP contribution in [-0.4, -0.2) is 26.2 Å². The predicted molar refractivity (Wildman–Crippen MR) is 113 cm³/mol. The van der Waals surface area contributed by atoms with Crippen LogP contribution >= 0.6 is 15.9 Å². The van der Waals surface area contributed by atoms with Crippen molar-refractivity contribution in [2.75, 3.05) is 0 Å². The van der Waals surface area contributed by atoms with Crippen molar-refractivity contribution in [3.8, 4) is 11.5 Å². The summed E-state index contributed by atoms with van der Waals surface area (Å²) in [4.78, 5) is 12.4. The molecule has 0 saturated carbocycles. The molecule has 0 aliphatic rings. The number of rotatable bonds is 5. The van der Waals surface area contributed by atoms with Gasteiger partial charge in [0.25, 0.3) is 12.9 Å². The fourth-order valence-corrected chi connectivity index (χ4v) is 3.19. The monoisotopic (exact) mass is 630 g/mol. The van der Waals surface area contributed by atoms with Crippen molar-refractivity contribution in [3.05, 3.63) is 80.6 Å². The second kappa shape index (κ2) is 15.7. The summed E-state index contributed by atoms with van der Waals surface area (Å²) in [6, 6.07) is 5.54. The minimum absolute atomic E-state index is 0. The second-order valence-electron chi connectivity index (χ2n) is 6.92. The van der Waals surface area contributed by atoms with Crippen LogP contribution in [-0.2, 0) is 0 Å². The van der Waals surface area contributed by atoms with Gasteiger partial charge in [-0.25, -0.2) is 26.3 Å². The number of phenolic OH excluding ortho intramolecular Hbond substituents is 2. The number of hydrogen-bond acceptors (Lipinski definition) is 5. The number of aryl methyl sites for hydroxylation is 1. The van der Waals surface area contributed by atoms with Gasteiger partial charge in [-0.05, 0) is 47.1 Å². The van der Waals surface area contributed by atoms with E-state index in [0.717, 1.165) is 24.3 Å². The molecule has 1 atom stereocenters. The summed E-state index contributed by atoms with van der Waals surface area (Å²) in [5.41, 5.74) is -1.01. The number of Topliss-reactive ketones (excluding diaryl/α,β-unsaturated/α-hetero) is 1.